The van der Waals surface area contributed by atoms with Crippen LogP contribution in [0.3, 0.4) is 0 Å². The number of imidazole rings is 1. The Morgan fingerprint density at radius 2 is 1.84 bits per heavy atom. The number of pyridine rings is 1. The standard InChI is InChI=1S/C28H26N6O3/c1-28-15-14-26(36)34(28)22-9-4-2-7-20(22)27(37)33(28)16-6-11-25(35)31-19-12-13-24(29-17-19)32-18-30-21-8-3-5-10-23(21)32/h2-5,7-10,12-13,17-18H,6,11,14-16H2,1H3,(H,31,35). The van der Waals surface area contributed by atoms with Gasteiger partial charge in [-0.1, -0.05) is 24.3 Å². The van der Waals surface area contributed by atoms with E-state index in [4.69, 9.17) is 0 Å². The molecule has 4 aromatic rings. The molecular weight excluding hydrogens is 468 g/mol. The van der Waals surface area contributed by atoms with Crippen molar-refractivity contribution in [3.63, 3.8) is 0 Å². The molecule has 3 amide bonds. The van der Waals surface area contributed by atoms with Crippen molar-refractivity contribution in [2.75, 3.05) is 16.8 Å². The number of fused-ring (bicyclic) bond motifs is 4. The summed E-state index contributed by atoms with van der Waals surface area (Å²) >= 11 is 0. The Balaban J connectivity index is 1.10. The zero-order chi connectivity index (χ0) is 25.6. The van der Waals surface area contributed by atoms with Crippen molar-refractivity contribution in [3.05, 3.63) is 78.8 Å². The lowest BCUT2D eigenvalue weighted by Gasteiger charge is -2.48. The normalized spacial score (nSPS) is 18.7. The van der Waals surface area contributed by atoms with Crippen molar-refractivity contribution in [2.45, 2.75) is 38.3 Å². The van der Waals surface area contributed by atoms with Crippen molar-refractivity contribution in [3.8, 4) is 5.82 Å². The Hall–Kier alpha value is -4.53. The van der Waals surface area contributed by atoms with E-state index in [2.05, 4.69) is 15.3 Å². The maximum atomic E-state index is 13.3. The number of benzene rings is 2. The molecule has 0 spiro atoms. The fourth-order valence-corrected chi connectivity index (χ4v) is 5.41. The van der Waals surface area contributed by atoms with E-state index in [0.29, 0.717) is 48.6 Å². The first-order valence-electron chi connectivity index (χ1n) is 12.4. The summed E-state index contributed by atoms with van der Waals surface area (Å²) in [7, 11) is 0. The number of rotatable bonds is 6. The molecule has 2 aromatic carbocycles. The van der Waals surface area contributed by atoms with E-state index in [1.54, 1.807) is 34.5 Å². The second-order valence-corrected chi connectivity index (χ2v) is 9.58. The molecule has 1 N–H and O–H groups in total. The minimum atomic E-state index is -0.712. The maximum Gasteiger partial charge on any atom is 0.257 e. The highest BCUT2D eigenvalue weighted by atomic mass is 16.2. The number of carbonyl (C=O) groups excluding carboxylic acids is 3. The van der Waals surface area contributed by atoms with Crippen molar-refractivity contribution in [1.82, 2.24) is 19.4 Å². The van der Waals surface area contributed by atoms with E-state index in [1.165, 1.54) is 0 Å². The van der Waals surface area contributed by atoms with Crippen LogP contribution < -0.4 is 10.2 Å². The van der Waals surface area contributed by atoms with Gasteiger partial charge in [-0.15, -0.1) is 0 Å². The van der Waals surface area contributed by atoms with E-state index in [-0.39, 0.29) is 24.1 Å². The van der Waals surface area contributed by atoms with Gasteiger partial charge in [0.1, 0.15) is 17.8 Å². The molecule has 6 rings (SSSR count). The molecule has 1 unspecified atom stereocenters. The van der Waals surface area contributed by atoms with Crippen LogP contribution in [0.5, 0.6) is 0 Å². The number of nitrogens with one attached hydrogen (secondary N) is 1. The highest BCUT2D eigenvalue weighted by Gasteiger charge is 2.52. The lowest BCUT2D eigenvalue weighted by Crippen LogP contribution is -2.62. The first-order valence-corrected chi connectivity index (χ1v) is 12.4. The zero-order valence-electron chi connectivity index (χ0n) is 20.4. The third-order valence-corrected chi connectivity index (χ3v) is 7.26. The molecule has 186 valence electrons. The summed E-state index contributed by atoms with van der Waals surface area (Å²) in [5.41, 5.74) is 2.92. The van der Waals surface area contributed by atoms with Gasteiger partial charge in [-0.3, -0.25) is 23.9 Å². The molecule has 9 nitrogen and oxygen atoms in total. The monoisotopic (exact) mass is 494 g/mol. The van der Waals surface area contributed by atoms with Gasteiger partial charge < -0.3 is 10.2 Å². The van der Waals surface area contributed by atoms with Crippen LogP contribution in [0.25, 0.3) is 16.9 Å². The van der Waals surface area contributed by atoms with Crippen molar-refractivity contribution in [2.24, 2.45) is 0 Å². The van der Waals surface area contributed by atoms with Crippen LogP contribution >= 0.6 is 0 Å². The van der Waals surface area contributed by atoms with Crippen molar-refractivity contribution in [1.29, 1.82) is 0 Å². The Bertz CT molecular complexity index is 1530. The number of para-hydroxylation sites is 3. The van der Waals surface area contributed by atoms with Gasteiger partial charge in [0.15, 0.2) is 0 Å². The van der Waals surface area contributed by atoms with Crippen LogP contribution in [0.1, 0.15) is 43.0 Å². The van der Waals surface area contributed by atoms with Crippen LogP contribution in [0.2, 0.25) is 0 Å². The number of carbonyl (C=O) groups is 3. The molecule has 2 aromatic heterocycles. The number of hydrogen-bond donors (Lipinski definition) is 1. The van der Waals surface area contributed by atoms with E-state index >= 15 is 0 Å². The Morgan fingerprint density at radius 3 is 2.68 bits per heavy atom. The van der Waals surface area contributed by atoms with Crippen LogP contribution in [0, 0.1) is 0 Å². The molecule has 0 radical (unpaired) electrons. The first-order chi connectivity index (χ1) is 18.0. The lowest BCUT2D eigenvalue weighted by molar-refractivity contribution is -0.118. The summed E-state index contributed by atoms with van der Waals surface area (Å²) in [4.78, 5) is 51.0. The Morgan fingerprint density at radius 1 is 1.03 bits per heavy atom. The van der Waals surface area contributed by atoms with Crippen molar-refractivity contribution < 1.29 is 14.4 Å². The van der Waals surface area contributed by atoms with Gasteiger partial charge in [0.25, 0.3) is 5.91 Å². The van der Waals surface area contributed by atoms with Gasteiger partial charge in [0.2, 0.25) is 11.8 Å². The Labute approximate surface area is 213 Å². The summed E-state index contributed by atoms with van der Waals surface area (Å²) in [6.45, 7) is 2.31. The summed E-state index contributed by atoms with van der Waals surface area (Å²) in [5, 5.41) is 2.88. The number of nitrogens with zero attached hydrogens (tertiary/aromatic N) is 5. The van der Waals surface area contributed by atoms with E-state index in [9.17, 15) is 14.4 Å². The SMILES string of the molecule is CC12CCC(=O)N1c1ccccc1C(=O)N2CCCC(=O)Nc1ccc(-n2cnc3ccccc32)nc1. The minimum absolute atomic E-state index is 0.0184. The molecule has 0 bridgehead atoms. The fourth-order valence-electron chi connectivity index (χ4n) is 5.41. The van der Waals surface area contributed by atoms with Crippen LogP contribution in [-0.2, 0) is 9.59 Å². The molecule has 2 aliphatic rings. The molecule has 1 atom stereocenters. The van der Waals surface area contributed by atoms with Crippen LogP contribution in [-0.4, -0.2) is 49.4 Å². The molecule has 37 heavy (non-hydrogen) atoms. The number of aromatic nitrogens is 3. The maximum absolute atomic E-state index is 13.3. The predicted molar refractivity (Wildman–Crippen MR) is 139 cm³/mol. The average Bonchev–Trinajstić information content (AvgIpc) is 3.47. The average molecular weight is 495 g/mol. The molecule has 0 saturated carbocycles. The first kappa shape index (κ1) is 22.9. The summed E-state index contributed by atoms with van der Waals surface area (Å²) in [6.07, 6.45) is 5.03. The van der Waals surface area contributed by atoms with Crippen LogP contribution in [0.4, 0.5) is 11.4 Å². The van der Waals surface area contributed by atoms with Gasteiger partial charge in [-0.25, -0.2) is 9.97 Å². The second-order valence-electron chi connectivity index (χ2n) is 9.58. The second kappa shape index (κ2) is 8.85. The fraction of sp³-hybridized carbons (Fsp3) is 0.250. The van der Waals surface area contributed by atoms with Gasteiger partial charge in [-0.2, -0.15) is 0 Å². The van der Waals surface area contributed by atoms with Gasteiger partial charge in [0, 0.05) is 19.4 Å². The summed E-state index contributed by atoms with van der Waals surface area (Å²) in [5.74, 6) is 0.470. The minimum Gasteiger partial charge on any atom is -0.325 e. The summed E-state index contributed by atoms with van der Waals surface area (Å²) < 4.78 is 1.90. The number of amides is 3. The van der Waals surface area contributed by atoms with Gasteiger partial charge >= 0.3 is 0 Å². The van der Waals surface area contributed by atoms with Gasteiger partial charge in [0.05, 0.1) is 34.2 Å². The molecule has 0 aliphatic carbocycles. The molecule has 4 heterocycles. The molecule has 1 saturated heterocycles. The van der Waals surface area contributed by atoms with E-state index in [0.717, 1.165) is 11.0 Å². The quantitative estimate of drug-likeness (QED) is 0.434. The third-order valence-electron chi connectivity index (χ3n) is 7.26. The van der Waals surface area contributed by atoms with Crippen LogP contribution in [0.15, 0.2) is 73.2 Å². The molecular formula is C28H26N6O3. The highest BCUT2D eigenvalue weighted by Crippen LogP contribution is 2.44. The van der Waals surface area contributed by atoms with E-state index < -0.39 is 5.66 Å². The zero-order valence-corrected chi connectivity index (χ0v) is 20.4. The largest absolute Gasteiger partial charge is 0.325 e. The lowest BCUT2D eigenvalue weighted by atomic mass is 9.98. The summed E-state index contributed by atoms with van der Waals surface area (Å²) in [6, 6.07) is 18.7. The van der Waals surface area contributed by atoms with Crippen molar-refractivity contribution >= 4 is 40.1 Å². The number of hydrogen-bond acceptors (Lipinski definition) is 5. The van der Waals surface area contributed by atoms with Gasteiger partial charge in [-0.05, 0) is 56.2 Å². The predicted octanol–water partition coefficient (Wildman–Crippen LogP) is 4.14. The molecule has 1 fully saturated rings. The third kappa shape index (κ3) is 3.83. The Kier molecular flexibility index (Phi) is 5.48. The molecule has 2 aliphatic heterocycles. The molecule has 9 heteroatoms. The highest BCUT2D eigenvalue weighted by molar-refractivity contribution is 6.10. The van der Waals surface area contributed by atoms with E-state index in [1.807, 2.05) is 60.0 Å². The topological polar surface area (TPSA) is 100 Å². The smallest absolute Gasteiger partial charge is 0.257 e. The number of anilines is 2.